The van der Waals surface area contributed by atoms with Crippen molar-refractivity contribution in [1.82, 2.24) is 10.2 Å². The molecule has 5 nitrogen and oxygen atoms in total. The van der Waals surface area contributed by atoms with Gasteiger partial charge in [-0.25, -0.2) is 4.39 Å². The summed E-state index contributed by atoms with van der Waals surface area (Å²) in [6.45, 7) is 7.75. The number of halogens is 2. The van der Waals surface area contributed by atoms with Crippen molar-refractivity contribution in [2.24, 2.45) is 5.73 Å². The number of morpholine rings is 1. The van der Waals surface area contributed by atoms with Crippen molar-refractivity contribution in [2.75, 3.05) is 26.2 Å². The summed E-state index contributed by atoms with van der Waals surface area (Å²) in [4.78, 5) is 14.6. The van der Waals surface area contributed by atoms with Gasteiger partial charge in [0.1, 0.15) is 5.82 Å². The van der Waals surface area contributed by atoms with Crippen LogP contribution in [0.4, 0.5) is 4.39 Å². The van der Waals surface area contributed by atoms with Crippen molar-refractivity contribution >= 4 is 17.5 Å². The maximum atomic E-state index is 14.6. The summed E-state index contributed by atoms with van der Waals surface area (Å²) in [6, 6.07) is 4.26. The van der Waals surface area contributed by atoms with Gasteiger partial charge in [0.25, 0.3) is 0 Å². The van der Waals surface area contributed by atoms with Crippen LogP contribution >= 0.6 is 11.6 Å². The molecule has 1 amide bonds. The van der Waals surface area contributed by atoms with Gasteiger partial charge in [0.2, 0.25) is 5.91 Å². The Balaban J connectivity index is 2.23. The summed E-state index contributed by atoms with van der Waals surface area (Å²) >= 11 is 6.30. The molecule has 1 aromatic rings. The summed E-state index contributed by atoms with van der Waals surface area (Å²) < 4.78 is 20.1. The maximum absolute atomic E-state index is 14.6. The van der Waals surface area contributed by atoms with Gasteiger partial charge in [-0.15, -0.1) is 0 Å². The monoisotopic (exact) mass is 385 g/mol. The quantitative estimate of drug-likeness (QED) is 0.757. The van der Waals surface area contributed by atoms with Gasteiger partial charge in [-0.1, -0.05) is 31.0 Å². The zero-order chi connectivity index (χ0) is 19.3. The molecule has 1 fully saturated rings. The van der Waals surface area contributed by atoms with Gasteiger partial charge in [0, 0.05) is 30.2 Å². The van der Waals surface area contributed by atoms with E-state index in [1.165, 1.54) is 6.07 Å². The number of nitrogens with two attached hydrogens (primary N) is 1. The zero-order valence-electron chi connectivity index (χ0n) is 15.7. The van der Waals surface area contributed by atoms with Crippen LogP contribution in [0.15, 0.2) is 18.2 Å². The van der Waals surface area contributed by atoms with Gasteiger partial charge in [0.05, 0.1) is 24.3 Å². The van der Waals surface area contributed by atoms with Crippen molar-refractivity contribution in [2.45, 2.75) is 51.3 Å². The number of ether oxygens (including phenoxy) is 1. The lowest BCUT2D eigenvalue weighted by molar-refractivity contribution is -0.126. The lowest BCUT2D eigenvalue weighted by Crippen LogP contribution is -2.54. The Morgan fingerprint density at radius 3 is 2.92 bits per heavy atom. The van der Waals surface area contributed by atoms with E-state index in [4.69, 9.17) is 22.1 Å². The predicted molar refractivity (Wildman–Crippen MR) is 102 cm³/mol. The molecular formula is C19H29ClFN3O2. The van der Waals surface area contributed by atoms with E-state index in [2.05, 4.69) is 10.2 Å². The minimum Gasteiger partial charge on any atom is -0.376 e. The van der Waals surface area contributed by atoms with Crippen LogP contribution in [-0.2, 0) is 9.53 Å². The number of carbonyl (C=O) groups is 1. The fourth-order valence-electron chi connectivity index (χ4n) is 3.40. The molecule has 1 saturated heterocycles. The molecule has 3 N–H and O–H groups in total. The van der Waals surface area contributed by atoms with Crippen molar-refractivity contribution in [3.63, 3.8) is 0 Å². The molecule has 1 aliphatic heterocycles. The van der Waals surface area contributed by atoms with Gasteiger partial charge < -0.3 is 15.8 Å². The van der Waals surface area contributed by atoms with Crippen molar-refractivity contribution < 1.29 is 13.9 Å². The SMILES string of the molecule is CCCC(C)(N)C(=O)NCC(c1c(F)cccc1Cl)N1CCOC(C)C1. The Morgan fingerprint density at radius 2 is 2.31 bits per heavy atom. The molecule has 0 aromatic heterocycles. The second-order valence-corrected chi connectivity index (χ2v) is 7.61. The number of carbonyl (C=O) groups excluding carboxylic acids is 1. The molecule has 26 heavy (non-hydrogen) atoms. The zero-order valence-corrected chi connectivity index (χ0v) is 16.5. The minimum atomic E-state index is -0.948. The highest BCUT2D eigenvalue weighted by Gasteiger charge is 2.32. The van der Waals surface area contributed by atoms with Crippen LogP contribution in [0.5, 0.6) is 0 Å². The Bertz CT molecular complexity index is 607. The molecule has 3 atom stereocenters. The van der Waals surface area contributed by atoms with Gasteiger partial charge >= 0.3 is 0 Å². The van der Waals surface area contributed by atoms with Crippen LogP contribution in [0.3, 0.4) is 0 Å². The summed E-state index contributed by atoms with van der Waals surface area (Å²) in [5.74, 6) is -0.613. The minimum absolute atomic E-state index is 0.0346. The van der Waals surface area contributed by atoms with Gasteiger partial charge in [0.15, 0.2) is 0 Å². The van der Waals surface area contributed by atoms with E-state index < -0.39 is 5.54 Å². The first-order valence-electron chi connectivity index (χ1n) is 9.13. The number of rotatable bonds is 7. The lowest BCUT2D eigenvalue weighted by atomic mass is 9.96. The highest BCUT2D eigenvalue weighted by Crippen LogP contribution is 2.31. The van der Waals surface area contributed by atoms with Crippen LogP contribution in [0.2, 0.25) is 5.02 Å². The van der Waals surface area contributed by atoms with E-state index in [0.29, 0.717) is 36.7 Å². The molecule has 0 aliphatic carbocycles. The number of benzene rings is 1. The smallest absolute Gasteiger partial charge is 0.239 e. The number of nitrogens with zero attached hydrogens (tertiary/aromatic N) is 1. The largest absolute Gasteiger partial charge is 0.376 e. The van der Waals surface area contributed by atoms with Crippen LogP contribution in [0.1, 0.15) is 45.2 Å². The molecule has 0 saturated carbocycles. The highest BCUT2D eigenvalue weighted by molar-refractivity contribution is 6.31. The second kappa shape index (κ2) is 9.13. The third kappa shape index (κ3) is 5.16. The maximum Gasteiger partial charge on any atom is 0.239 e. The third-order valence-corrected chi connectivity index (χ3v) is 5.12. The van der Waals surface area contributed by atoms with E-state index in [9.17, 15) is 9.18 Å². The Labute approximate surface area is 160 Å². The summed E-state index contributed by atoms with van der Waals surface area (Å²) in [5, 5.41) is 3.26. The van der Waals surface area contributed by atoms with E-state index in [0.717, 1.165) is 6.42 Å². The fraction of sp³-hybridized carbons (Fsp3) is 0.632. The number of amides is 1. The first-order valence-corrected chi connectivity index (χ1v) is 9.50. The molecule has 0 radical (unpaired) electrons. The van der Waals surface area contributed by atoms with Crippen molar-refractivity contribution in [1.29, 1.82) is 0 Å². The topological polar surface area (TPSA) is 67.6 Å². The van der Waals surface area contributed by atoms with E-state index >= 15 is 0 Å². The van der Waals surface area contributed by atoms with Crippen LogP contribution in [0, 0.1) is 5.82 Å². The van der Waals surface area contributed by atoms with Crippen molar-refractivity contribution in [3.8, 4) is 0 Å². The standard InChI is InChI=1S/C19H29ClFN3O2/c1-4-8-19(3,22)18(25)23-11-16(24-9-10-26-13(2)12-24)17-14(20)6-5-7-15(17)21/h5-7,13,16H,4,8-12,22H2,1-3H3,(H,23,25). The number of hydrogen-bond acceptors (Lipinski definition) is 4. The van der Waals surface area contributed by atoms with E-state index in [-0.39, 0.29) is 30.4 Å². The molecule has 2 rings (SSSR count). The highest BCUT2D eigenvalue weighted by atomic mass is 35.5. The normalized spacial score (nSPS) is 21.8. The average molecular weight is 386 g/mol. The van der Waals surface area contributed by atoms with Gasteiger partial charge in [-0.3, -0.25) is 9.69 Å². The third-order valence-electron chi connectivity index (χ3n) is 4.79. The Morgan fingerprint density at radius 1 is 1.58 bits per heavy atom. The molecule has 7 heteroatoms. The Hall–Kier alpha value is -1.21. The van der Waals surface area contributed by atoms with Gasteiger partial charge in [-0.05, 0) is 32.4 Å². The summed E-state index contributed by atoms with van der Waals surface area (Å²) in [7, 11) is 0. The Kier molecular flexibility index (Phi) is 7.41. The molecule has 146 valence electrons. The van der Waals surface area contributed by atoms with E-state index in [1.807, 2.05) is 13.8 Å². The molecular weight excluding hydrogens is 357 g/mol. The molecule has 0 bridgehead atoms. The van der Waals surface area contributed by atoms with Crippen molar-refractivity contribution in [3.05, 3.63) is 34.6 Å². The lowest BCUT2D eigenvalue weighted by Gasteiger charge is -2.38. The van der Waals surface area contributed by atoms with E-state index in [1.54, 1.807) is 19.1 Å². The molecule has 1 aliphatic rings. The fourth-order valence-corrected chi connectivity index (χ4v) is 3.68. The predicted octanol–water partition coefficient (Wildman–Crippen LogP) is 2.87. The van der Waals surface area contributed by atoms with Crippen LogP contribution in [0.25, 0.3) is 0 Å². The first kappa shape index (κ1) is 21.1. The molecule has 0 spiro atoms. The summed E-state index contributed by atoms with van der Waals surface area (Å²) in [5.41, 5.74) is 5.56. The van der Waals surface area contributed by atoms with Crippen LogP contribution in [-0.4, -0.2) is 48.7 Å². The number of hydrogen-bond donors (Lipinski definition) is 2. The van der Waals surface area contributed by atoms with Gasteiger partial charge in [-0.2, -0.15) is 0 Å². The molecule has 3 unspecified atom stereocenters. The second-order valence-electron chi connectivity index (χ2n) is 7.20. The summed E-state index contributed by atoms with van der Waals surface area (Å²) in [6.07, 6.45) is 1.43. The first-order chi connectivity index (χ1) is 12.3. The molecule has 1 aromatic carbocycles. The molecule has 1 heterocycles. The average Bonchev–Trinajstić information content (AvgIpc) is 2.57. The van der Waals surface area contributed by atoms with Crippen LogP contribution < -0.4 is 11.1 Å². The number of nitrogens with one attached hydrogen (secondary N) is 1.